The fourth-order valence-corrected chi connectivity index (χ4v) is 3.18. The molecule has 0 aliphatic carbocycles. The number of carbonyl (C=O) groups excluding carboxylic acids is 1. The largest absolute Gasteiger partial charge is 0.497 e. The second kappa shape index (κ2) is 10.6. The minimum atomic E-state index is 0.0842. The number of aryl methyl sites for hydroxylation is 1. The van der Waals surface area contributed by atoms with Crippen LogP contribution in [0.2, 0.25) is 0 Å². The van der Waals surface area contributed by atoms with E-state index in [1.54, 1.807) is 7.11 Å². The van der Waals surface area contributed by atoms with Crippen molar-refractivity contribution in [3.8, 4) is 5.75 Å². The molecule has 0 spiro atoms. The smallest absolute Gasteiger partial charge is 0.220 e. The van der Waals surface area contributed by atoms with E-state index in [4.69, 9.17) is 4.74 Å². The van der Waals surface area contributed by atoms with E-state index in [2.05, 4.69) is 48.3 Å². The van der Waals surface area contributed by atoms with Crippen molar-refractivity contribution in [3.05, 3.63) is 65.7 Å². The van der Waals surface area contributed by atoms with Crippen molar-refractivity contribution in [1.82, 2.24) is 10.2 Å². The third kappa shape index (κ3) is 5.88. The van der Waals surface area contributed by atoms with Crippen LogP contribution in [0.3, 0.4) is 0 Å². The summed E-state index contributed by atoms with van der Waals surface area (Å²) >= 11 is 0. The lowest BCUT2D eigenvalue weighted by atomic mass is 10.0. The van der Waals surface area contributed by atoms with E-state index in [9.17, 15) is 4.79 Å². The molecule has 0 heterocycles. The maximum absolute atomic E-state index is 12.3. The molecule has 0 fully saturated rings. The molecule has 140 valence electrons. The number of methoxy groups -OCH3 is 1. The van der Waals surface area contributed by atoms with Gasteiger partial charge in [-0.05, 0) is 42.8 Å². The fraction of sp³-hybridized carbons (Fsp3) is 0.409. The number of ether oxygens (including phenoxy) is 1. The van der Waals surface area contributed by atoms with Crippen molar-refractivity contribution >= 4 is 5.91 Å². The Labute approximate surface area is 157 Å². The Kier molecular flexibility index (Phi) is 8.16. The van der Waals surface area contributed by atoms with Crippen LogP contribution < -0.4 is 10.1 Å². The first-order valence-electron chi connectivity index (χ1n) is 9.36. The van der Waals surface area contributed by atoms with Gasteiger partial charge >= 0.3 is 0 Å². The average Bonchev–Trinajstić information content (AvgIpc) is 2.70. The Morgan fingerprint density at radius 1 is 1.08 bits per heavy atom. The topological polar surface area (TPSA) is 41.6 Å². The zero-order chi connectivity index (χ0) is 18.8. The maximum atomic E-state index is 12.3. The van der Waals surface area contributed by atoms with Gasteiger partial charge in [0.25, 0.3) is 0 Å². The Morgan fingerprint density at radius 3 is 2.46 bits per heavy atom. The molecule has 2 aromatic rings. The molecule has 0 saturated heterocycles. The van der Waals surface area contributed by atoms with Crippen LogP contribution in [0.25, 0.3) is 0 Å². The number of carbonyl (C=O) groups is 1. The number of nitrogens with one attached hydrogen (secondary N) is 1. The van der Waals surface area contributed by atoms with Crippen molar-refractivity contribution in [1.29, 1.82) is 0 Å². The predicted molar refractivity (Wildman–Crippen MR) is 106 cm³/mol. The molecule has 0 aromatic heterocycles. The third-order valence-electron chi connectivity index (χ3n) is 4.70. The number of benzene rings is 2. The van der Waals surface area contributed by atoms with E-state index in [0.29, 0.717) is 19.4 Å². The minimum Gasteiger partial charge on any atom is -0.497 e. The van der Waals surface area contributed by atoms with Crippen molar-refractivity contribution in [3.63, 3.8) is 0 Å². The van der Waals surface area contributed by atoms with Gasteiger partial charge in [-0.1, -0.05) is 56.3 Å². The van der Waals surface area contributed by atoms with Crippen LogP contribution in [0.4, 0.5) is 0 Å². The lowest BCUT2D eigenvalue weighted by Gasteiger charge is -2.30. The molecular formula is C22H30N2O2. The van der Waals surface area contributed by atoms with Crippen LogP contribution in [0.15, 0.2) is 54.6 Å². The van der Waals surface area contributed by atoms with Gasteiger partial charge in [0.15, 0.2) is 0 Å². The molecule has 1 amide bonds. The molecule has 0 aliphatic rings. The second-order valence-corrected chi connectivity index (χ2v) is 6.30. The van der Waals surface area contributed by atoms with Crippen LogP contribution >= 0.6 is 0 Å². The molecule has 0 aliphatic heterocycles. The normalized spacial score (nSPS) is 12.0. The van der Waals surface area contributed by atoms with Crippen molar-refractivity contribution in [2.45, 2.75) is 32.7 Å². The van der Waals surface area contributed by atoms with Gasteiger partial charge in [-0.15, -0.1) is 0 Å². The molecule has 1 atom stereocenters. The van der Waals surface area contributed by atoms with Crippen LogP contribution in [0, 0.1) is 0 Å². The average molecular weight is 354 g/mol. The van der Waals surface area contributed by atoms with Crippen LogP contribution in [-0.2, 0) is 11.2 Å². The summed E-state index contributed by atoms with van der Waals surface area (Å²) in [5.74, 6) is 0.912. The third-order valence-corrected chi connectivity index (χ3v) is 4.70. The Hall–Kier alpha value is -2.33. The zero-order valence-electron chi connectivity index (χ0n) is 16.1. The molecule has 2 rings (SSSR count). The Balaban J connectivity index is 1.91. The molecule has 1 N–H and O–H groups in total. The zero-order valence-corrected chi connectivity index (χ0v) is 16.1. The highest BCUT2D eigenvalue weighted by Crippen LogP contribution is 2.19. The molecule has 0 saturated carbocycles. The van der Waals surface area contributed by atoms with E-state index in [0.717, 1.165) is 24.4 Å². The predicted octanol–water partition coefficient (Wildman–Crippen LogP) is 3.83. The van der Waals surface area contributed by atoms with Gasteiger partial charge in [-0.25, -0.2) is 0 Å². The number of likely N-dealkylation sites (N-methyl/N-ethyl adjacent to an activating group) is 1. The first-order chi connectivity index (χ1) is 12.7. The summed E-state index contributed by atoms with van der Waals surface area (Å²) < 4.78 is 5.23. The number of amides is 1. The Bertz CT molecular complexity index is 669. The summed E-state index contributed by atoms with van der Waals surface area (Å²) in [6.07, 6.45) is 1.19. The quantitative estimate of drug-likeness (QED) is 0.705. The molecule has 2 aromatic carbocycles. The summed E-state index contributed by atoms with van der Waals surface area (Å²) in [6, 6.07) is 18.5. The van der Waals surface area contributed by atoms with E-state index in [1.165, 1.54) is 5.56 Å². The minimum absolute atomic E-state index is 0.0842. The first kappa shape index (κ1) is 20.0. The summed E-state index contributed by atoms with van der Waals surface area (Å²) in [4.78, 5) is 14.7. The van der Waals surface area contributed by atoms with Crippen molar-refractivity contribution in [2.75, 3.05) is 26.7 Å². The summed E-state index contributed by atoms with van der Waals surface area (Å²) in [7, 11) is 1.66. The van der Waals surface area contributed by atoms with Crippen LogP contribution in [0.1, 0.15) is 37.4 Å². The molecule has 0 bridgehead atoms. The van der Waals surface area contributed by atoms with Gasteiger partial charge in [0.2, 0.25) is 5.91 Å². The van der Waals surface area contributed by atoms with Crippen molar-refractivity contribution in [2.24, 2.45) is 0 Å². The highest BCUT2D eigenvalue weighted by molar-refractivity contribution is 5.76. The first-order valence-corrected chi connectivity index (χ1v) is 9.36. The number of hydrogen-bond acceptors (Lipinski definition) is 3. The van der Waals surface area contributed by atoms with Gasteiger partial charge < -0.3 is 10.1 Å². The van der Waals surface area contributed by atoms with E-state index >= 15 is 0 Å². The molecule has 4 heteroatoms. The molecule has 4 nitrogen and oxygen atoms in total. The highest BCUT2D eigenvalue weighted by Gasteiger charge is 2.18. The monoisotopic (exact) mass is 354 g/mol. The molecule has 26 heavy (non-hydrogen) atoms. The van der Waals surface area contributed by atoms with Crippen LogP contribution in [-0.4, -0.2) is 37.6 Å². The summed E-state index contributed by atoms with van der Waals surface area (Å²) in [6.45, 7) is 6.85. The summed E-state index contributed by atoms with van der Waals surface area (Å²) in [5, 5.41) is 3.12. The SMILES string of the molecule is CCN(CC)C(CNC(=O)CCc1cccc(OC)c1)c1ccccc1. The van der Waals surface area contributed by atoms with Gasteiger partial charge in [0, 0.05) is 13.0 Å². The van der Waals surface area contributed by atoms with E-state index in [1.807, 2.05) is 30.3 Å². The van der Waals surface area contributed by atoms with Crippen molar-refractivity contribution < 1.29 is 9.53 Å². The van der Waals surface area contributed by atoms with Gasteiger partial charge in [-0.3, -0.25) is 9.69 Å². The highest BCUT2D eigenvalue weighted by atomic mass is 16.5. The number of hydrogen-bond donors (Lipinski definition) is 1. The van der Waals surface area contributed by atoms with E-state index in [-0.39, 0.29) is 11.9 Å². The standard InChI is InChI=1S/C22H30N2O2/c1-4-24(5-2)21(19-11-7-6-8-12-19)17-23-22(25)15-14-18-10-9-13-20(16-18)26-3/h6-13,16,21H,4-5,14-15,17H2,1-3H3,(H,23,25). The van der Waals surface area contributed by atoms with E-state index < -0.39 is 0 Å². The molecular weight excluding hydrogens is 324 g/mol. The van der Waals surface area contributed by atoms with Crippen LogP contribution in [0.5, 0.6) is 5.75 Å². The molecule has 0 radical (unpaired) electrons. The lowest BCUT2D eigenvalue weighted by Crippen LogP contribution is -2.38. The molecule has 1 unspecified atom stereocenters. The summed E-state index contributed by atoms with van der Waals surface area (Å²) in [5.41, 5.74) is 2.35. The number of nitrogens with zero attached hydrogens (tertiary/aromatic N) is 1. The lowest BCUT2D eigenvalue weighted by molar-refractivity contribution is -0.121. The Morgan fingerprint density at radius 2 is 1.81 bits per heavy atom. The van der Waals surface area contributed by atoms with Gasteiger partial charge in [-0.2, -0.15) is 0 Å². The maximum Gasteiger partial charge on any atom is 0.220 e. The second-order valence-electron chi connectivity index (χ2n) is 6.30. The van der Waals surface area contributed by atoms with Gasteiger partial charge in [0.05, 0.1) is 13.2 Å². The fourth-order valence-electron chi connectivity index (χ4n) is 3.18. The number of rotatable bonds is 10. The van der Waals surface area contributed by atoms with Gasteiger partial charge in [0.1, 0.15) is 5.75 Å².